The maximum atomic E-state index is 13.2. The SMILES string of the molecule is [CH3][Ge]([CH3])([CH3])[c]1c(F)c(F)c(F)c(F)c1F. The monoisotopic (exact) mass is 286 g/mol. The van der Waals surface area contributed by atoms with Gasteiger partial charge in [-0.3, -0.25) is 0 Å². The summed E-state index contributed by atoms with van der Waals surface area (Å²) in [6, 6.07) is 0. The third-order valence-corrected chi connectivity index (χ3v) is 6.03. The molecule has 0 spiro atoms. The Labute approximate surface area is 86.5 Å². The van der Waals surface area contributed by atoms with Gasteiger partial charge in [-0.15, -0.1) is 0 Å². The first-order valence-corrected chi connectivity index (χ1v) is 11.5. The molecule has 1 aromatic carbocycles. The first kappa shape index (κ1) is 12.5. The molecule has 1 rings (SSSR count). The van der Waals surface area contributed by atoms with Crippen molar-refractivity contribution in [3.05, 3.63) is 29.1 Å². The van der Waals surface area contributed by atoms with Crippen LogP contribution in [0.4, 0.5) is 22.0 Å². The molecule has 0 atom stereocenters. The molecule has 0 fully saturated rings. The Morgan fingerprint density at radius 2 is 0.867 bits per heavy atom. The van der Waals surface area contributed by atoms with Gasteiger partial charge in [0, 0.05) is 0 Å². The average Bonchev–Trinajstić information content (AvgIpc) is 2.09. The topological polar surface area (TPSA) is 0 Å². The average molecular weight is 285 g/mol. The minimum atomic E-state index is -3.11. The molecule has 0 nitrogen and oxygen atoms in total. The summed E-state index contributed by atoms with van der Waals surface area (Å²) in [6.45, 7) is 0. The Hall–Kier alpha value is -0.587. The van der Waals surface area contributed by atoms with Gasteiger partial charge in [0.15, 0.2) is 0 Å². The molecule has 0 aliphatic carbocycles. The Balaban J connectivity index is 3.68. The van der Waals surface area contributed by atoms with Gasteiger partial charge in [0.25, 0.3) is 0 Å². The van der Waals surface area contributed by atoms with E-state index in [1.807, 2.05) is 0 Å². The molecule has 0 saturated heterocycles. The second-order valence-electron chi connectivity index (χ2n) is 4.19. The number of benzene rings is 1. The van der Waals surface area contributed by atoms with Gasteiger partial charge in [-0.1, -0.05) is 0 Å². The third-order valence-electron chi connectivity index (χ3n) is 1.96. The van der Waals surface area contributed by atoms with E-state index in [2.05, 4.69) is 0 Å². The molecule has 0 unspecified atom stereocenters. The fourth-order valence-electron chi connectivity index (χ4n) is 1.26. The van der Waals surface area contributed by atoms with Crippen molar-refractivity contribution in [2.24, 2.45) is 0 Å². The zero-order valence-electron chi connectivity index (χ0n) is 8.39. The summed E-state index contributed by atoms with van der Waals surface area (Å²) in [4.78, 5) is 0. The molecule has 0 N–H and O–H groups in total. The summed E-state index contributed by atoms with van der Waals surface area (Å²) in [5.41, 5.74) is 0. The molecular formula is C9H9F5Ge. The predicted octanol–water partition coefficient (Wildman–Crippen LogP) is 2.93. The summed E-state index contributed by atoms with van der Waals surface area (Å²) in [7, 11) is 0. The van der Waals surface area contributed by atoms with E-state index < -0.39 is 46.7 Å². The van der Waals surface area contributed by atoms with Crippen molar-refractivity contribution in [2.75, 3.05) is 0 Å². The predicted molar refractivity (Wildman–Crippen MR) is 49.2 cm³/mol. The van der Waals surface area contributed by atoms with E-state index >= 15 is 0 Å². The molecule has 84 valence electrons. The second kappa shape index (κ2) is 3.77. The molecule has 15 heavy (non-hydrogen) atoms. The molecule has 0 aliphatic rings. The van der Waals surface area contributed by atoms with Gasteiger partial charge in [-0.05, 0) is 0 Å². The molecule has 0 aromatic heterocycles. The van der Waals surface area contributed by atoms with Crippen molar-refractivity contribution in [3.8, 4) is 0 Å². The van der Waals surface area contributed by atoms with Gasteiger partial charge in [-0.25, -0.2) is 0 Å². The molecular weight excluding hydrogens is 276 g/mol. The van der Waals surface area contributed by atoms with Crippen LogP contribution in [0.2, 0.25) is 17.3 Å². The van der Waals surface area contributed by atoms with Crippen LogP contribution in [0, 0.1) is 29.1 Å². The van der Waals surface area contributed by atoms with Crippen molar-refractivity contribution in [3.63, 3.8) is 0 Å². The summed E-state index contributed by atoms with van der Waals surface area (Å²) < 4.78 is 64.1. The molecule has 1 aromatic rings. The van der Waals surface area contributed by atoms with E-state index in [0.29, 0.717) is 0 Å². The van der Waals surface area contributed by atoms with Gasteiger partial charge in [0.2, 0.25) is 0 Å². The molecule has 0 aliphatic heterocycles. The first-order chi connectivity index (χ1) is 6.68. The summed E-state index contributed by atoms with van der Waals surface area (Å²) in [5.74, 6) is -4.51. The molecule has 6 heteroatoms. The van der Waals surface area contributed by atoms with Gasteiger partial charge in [0.1, 0.15) is 0 Å². The van der Waals surface area contributed by atoms with Crippen LogP contribution in [0.25, 0.3) is 0 Å². The Morgan fingerprint density at radius 1 is 0.600 bits per heavy atom. The fourth-order valence-corrected chi connectivity index (χ4v) is 4.49. The van der Waals surface area contributed by atoms with Gasteiger partial charge in [-0.2, -0.15) is 0 Å². The van der Waals surface area contributed by atoms with E-state index in [1.165, 1.54) is 0 Å². The van der Waals surface area contributed by atoms with Crippen molar-refractivity contribution in [2.45, 2.75) is 17.3 Å². The zero-order valence-corrected chi connectivity index (χ0v) is 10.5. The number of rotatable bonds is 1. The number of halogens is 5. The second-order valence-corrected chi connectivity index (χ2v) is 14.7. The van der Waals surface area contributed by atoms with Crippen molar-refractivity contribution in [1.29, 1.82) is 0 Å². The Bertz CT molecular complexity index is 379. The summed E-state index contributed by atoms with van der Waals surface area (Å²) >= 11 is -3.11. The Kier molecular flexibility index (Phi) is 3.14. The number of hydrogen-bond donors (Lipinski definition) is 0. The maximum absolute atomic E-state index is 13.2. The molecule has 0 heterocycles. The summed E-state index contributed by atoms with van der Waals surface area (Å²) in [6.07, 6.45) is 0. The molecule has 0 amide bonds. The van der Waals surface area contributed by atoms with Crippen LogP contribution in [0.5, 0.6) is 0 Å². The zero-order chi connectivity index (χ0) is 12.0. The van der Waals surface area contributed by atoms with Crippen molar-refractivity contribution < 1.29 is 22.0 Å². The van der Waals surface area contributed by atoms with E-state index in [9.17, 15) is 22.0 Å². The normalized spacial score (nSPS) is 12.0. The van der Waals surface area contributed by atoms with Crippen molar-refractivity contribution in [1.82, 2.24) is 0 Å². The van der Waals surface area contributed by atoms with Crippen LogP contribution in [0.1, 0.15) is 0 Å². The fraction of sp³-hybridized carbons (Fsp3) is 0.333. The first-order valence-electron chi connectivity index (χ1n) is 4.19. The van der Waals surface area contributed by atoms with Crippen LogP contribution in [0.3, 0.4) is 0 Å². The minimum absolute atomic E-state index is 0.605. The van der Waals surface area contributed by atoms with E-state index in [-0.39, 0.29) is 0 Å². The van der Waals surface area contributed by atoms with Crippen molar-refractivity contribution >= 4 is 17.7 Å². The van der Waals surface area contributed by atoms with E-state index in [0.717, 1.165) is 0 Å². The molecule has 0 saturated carbocycles. The van der Waals surface area contributed by atoms with Gasteiger partial charge >= 0.3 is 86.0 Å². The van der Waals surface area contributed by atoms with Gasteiger partial charge < -0.3 is 0 Å². The van der Waals surface area contributed by atoms with E-state index in [1.54, 1.807) is 17.3 Å². The summed E-state index contributed by atoms with van der Waals surface area (Å²) in [5, 5.41) is 0. The molecule has 0 bridgehead atoms. The Morgan fingerprint density at radius 3 is 1.13 bits per heavy atom. The van der Waals surface area contributed by atoms with Crippen LogP contribution in [-0.2, 0) is 0 Å². The van der Waals surface area contributed by atoms with Crippen LogP contribution >= 0.6 is 0 Å². The van der Waals surface area contributed by atoms with Crippen LogP contribution in [0.15, 0.2) is 0 Å². The van der Waals surface area contributed by atoms with Gasteiger partial charge in [0.05, 0.1) is 0 Å². The van der Waals surface area contributed by atoms with E-state index in [4.69, 9.17) is 0 Å². The third kappa shape index (κ3) is 2.02. The van der Waals surface area contributed by atoms with Crippen LogP contribution < -0.4 is 4.40 Å². The quantitative estimate of drug-likeness (QED) is 0.322. The standard InChI is InChI=1S/C9H9F5Ge/c1-15(2,3)9-7(13)5(11)4(10)6(12)8(9)14/h1-3H3. The van der Waals surface area contributed by atoms with Crippen LogP contribution in [-0.4, -0.2) is 13.3 Å². The number of hydrogen-bond acceptors (Lipinski definition) is 0. The molecule has 0 radical (unpaired) electrons.